The minimum absolute atomic E-state index is 0.102. The first kappa shape index (κ1) is 26.4. The number of anilines is 1. The average Bonchev–Trinajstić information content (AvgIpc) is 3.58. The van der Waals surface area contributed by atoms with Crippen LogP contribution in [0.15, 0.2) is 66.0 Å². The molecule has 2 aromatic heterocycles. The van der Waals surface area contributed by atoms with E-state index in [9.17, 15) is 9.59 Å². The Kier molecular flexibility index (Phi) is 7.68. The number of thiophene rings is 1. The highest BCUT2D eigenvalue weighted by Gasteiger charge is 2.38. The lowest BCUT2D eigenvalue weighted by Crippen LogP contribution is -2.48. The van der Waals surface area contributed by atoms with Crippen LogP contribution in [0.3, 0.4) is 0 Å². The third kappa shape index (κ3) is 5.21. The molecule has 2 aliphatic rings. The summed E-state index contributed by atoms with van der Waals surface area (Å²) in [6, 6.07) is 19.1. The largest absolute Gasteiger partial charge is 0.378 e. The first-order chi connectivity index (χ1) is 19.0. The van der Waals surface area contributed by atoms with Gasteiger partial charge in [0.2, 0.25) is 11.8 Å². The maximum absolute atomic E-state index is 13.8. The average molecular weight is 600 g/mol. The molecule has 1 fully saturated rings. The molecule has 0 N–H and O–H groups in total. The molecule has 6 rings (SSSR count). The Morgan fingerprint density at radius 1 is 1.05 bits per heavy atom. The van der Waals surface area contributed by atoms with Gasteiger partial charge in [-0.3, -0.25) is 14.5 Å². The number of thioether (sulfide) groups is 1. The Balaban J connectivity index is 1.59. The molecule has 0 aliphatic carbocycles. The summed E-state index contributed by atoms with van der Waals surface area (Å²) in [7, 11) is 0. The number of carbonyl (C=O) groups is 2. The van der Waals surface area contributed by atoms with Gasteiger partial charge in [-0.15, -0.1) is 23.1 Å². The fourth-order valence-corrected chi connectivity index (χ4v) is 7.21. The summed E-state index contributed by atoms with van der Waals surface area (Å²) in [6.07, 6.45) is 0. The number of para-hydroxylation sites is 1. The highest BCUT2D eigenvalue weighted by Crippen LogP contribution is 2.49. The predicted octanol–water partition coefficient (Wildman–Crippen LogP) is 5.94. The number of aromatic nitrogens is 2. The second-order valence-electron chi connectivity index (χ2n) is 9.15. The van der Waals surface area contributed by atoms with Gasteiger partial charge in [0.25, 0.3) is 0 Å². The molecule has 4 heterocycles. The van der Waals surface area contributed by atoms with Crippen molar-refractivity contribution in [2.45, 2.75) is 5.25 Å². The third-order valence-corrected chi connectivity index (χ3v) is 9.42. The molecule has 200 valence electrons. The van der Waals surface area contributed by atoms with Crippen LogP contribution in [-0.2, 0) is 14.3 Å². The van der Waals surface area contributed by atoms with Crippen LogP contribution in [0.25, 0.3) is 16.3 Å². The van der Waals surface area contributed by atoms with Crippen molar-refractivity contribution in [2.75, 3.05) is 43.5 Å². The maximum atomic E-state index is 13.8. The van der Waals surface area contributed by atoms with Crippen molar-refractivity contribution in [3.63, 3.8) is 0 Å². The molecule has 0 unspecified atom stereocenters. The fraction of sp³-hybridized carbons (Fsp3) is 0.250. The van der Waals surface area contributed by atoms with E-state index in [-0.39, 0.29) is 29.4 Å². The predicted molar refractivity (Wildman–Crippen MR) is 157 cm³/mol. The molecular weight excluding hydrogens is 575 g/mol. The SMILES string of the molecule is O=C(CN1C(=O)CS[C@@H](c2cccc(Cl)c2)c2c(-c3cccs3)nn(-c3ccccc3Cl)c21)N1CCOCC1. The van der Waals surface area contributed by atoms with Gasteiger partial charge in [0.15, 0.2) is 0 Å². The molecule has 11 heteroatoms. The number of benzene rings is 2. The lowest BCUT2D eigenvalue weighted by Gasteiger charge is -2.30. The van der Waals surface area contributed by atoms with E-state index in [4.69, 9.17) is 33.0 Å². The Morgan fingerprint density at radius 3 is 2.62 bits per heavy atom. The van der Waals surface area contributed by atoms with Crippen molar-refractivity contribution in [3.8, 4) is 16.3 Å². The van der Waals surface area contributed by atoms with Gasteiger partial charge in [0.05, 0.1) is 39.8 Å². The quantitative estimate of drug-likeness (QED) is 0.284. The van der Waals surface area contributed by atoms with Gasteiger partial charge in [0.1, 0.15) is 18.1 Å². The monoisotopic (exact) mass is 598 g/mol. The smallest absolute Gasteiger partial charge is 0.242 e. The zero-order valence-corrected chi connectivity index (χ0v) is 23.9. The zero-order valence-electron chi connectivity index (χ0n) is 20.8. The summed E-state index contributed by atoms with van der Waals surface area (Å²) in [5.74, 6) is 0.439. The van der Waals surface area contributed by atoms with Gasteiger partial charge >= 0.3 is 0 Å². The normalized spacial score (nSPS) is 17.7. The zero-order chi connectivity index (χ0) is 26.9. The van der Waals surface area contributed by atoms with Crippen molar-refractivity contribution in [3.05, 3.63) is 87.2 Å². The van der Waals surface area contributed by atoms with Crippen LogP contribution in [0.4, 0.5) is 5.82 Å². The molecule has 2 amide bonds. The molecule has 0 spiro atoms. The Morgan fingerprint density at radius 2 is 1.87 bits per heavy atom. The van der Waals surface area contributed by atoms with Crippen LogP contribution in [0.1, 0.15) is 16.4 Å². The molecule has 2 aliphatic heterocycles. The van der Waals surface area contributed by atoms with Gasteiger partial charge in [-0.1, -0.05) is 53.5 Å². The maximum Gasteiger partial charge on any atom is 0.242 e. The second kappa shape index (κ2) is 11.3. The molecule has 0 radical (unpaired) electrons. The first-order valence-electron chi connectivity index (χ1n) is 12.5. The van der Waals surface area contributed by atoms with E-state index >= 15 is 0 Å². The van der Waals surface area contributed by atoms with Crippen molar-refractivity contribution in [1.82, 2.24) is 14.7 Å². The lowest BCUT2D eigenvalue weighted by molar-refractivity contribution is -0.134. The van der Waals surface area contributed by atoms with E-state index in [0.717, 1.165) is 21.7 Å². The number of carbonyl (C=O) groups excluding carboxylic acids is 2. The van der Waals surface area contributed by atoms with Crippen LogP contribution in [0.2, 0.25) is 10.0 Å². The number of fused-ring (bicyclic) bond motifs is 1. The standard InChI is InChI=1S/C28H24Cl2N4O3S2/c29-19-6-3-5-18(15-19)27-25-26(22-9-4-14-38-22)31-34(21-8-2-1-7-20(21)30)28(25)33(24(36)17-39-27)16-23(35)32-10-12-37-13-11-32/h1-9,14-15,27H,10-13,16-17H2/t27-/m0/s1. The van der Waals surface area contributed by atoms with E-state index in [1.807, 2.05) is 60.0 Å². The number of ether oxygens (including phenoxy) is 1. The molecule has 39 heavy (non-hydrogen) atoms. The number of hydrogen-bond donors (Lipinski definition) is 0. The number of hydrogen-bond acceptors (Lipinski definition) is 6. The fourth-order valence-electron chi connectivity index (χ4n) is 4.89. The molecule has 1 atom stereocenters. The number of nitrogens with zero attached hydrogens (tertiary/aromatic N) is 4. The van der Waals surface area contributed by atoms with Crippen molar-refractivity contribution >= 4 is 63.9 Å². The summed E-state index contributed by atoms with van der Waals surface area (Å²) in [5, 5.41) is 7.92. The molecular formula is C28H24Cl2N4O3S2. The second-order valence-corrected chi connectivity index (χ2v) is 12.0. The highest BCUT2D eigenvalue weighted by molar-refractivity contribution is 8.00. The van der Waals surface area contributed by atoms with Gasteiger partial charge in [-0.2, -0.15) is 5.10 Å². The number of morpholine rings is 1. The van der Waals surface area contributed by atoms with Crippen molar-refractivity contribution < 1.29 is 14.3 Å². The summed E-state index contributed by atoms with van der Waals surface area (Å²) in [6.45, 7) is 1.86. The van der Waals surface area contributed by atoms with E-state index in [2.05, 4.69) is 0 Å². The first-order valence-corrected chi connectivity index (χ1v) is 15.1. The van der Waals surface area contributed by atoms with Gasteiger partial charge < -0.3 is 9.64 Å². The van der Waals surface area contributed by atoms with E-state index in [1.165, 1.54) is 11.8 Å². The number of halogens is 2. The minimum Gasteiger partial charge on any atom is -0.378 e. The molecule has 2 aromatic carbocycles. The van der Waals surface area contributed by atoms with Gasteiger partial charge in [0, 0.05) is 23.7 Å². The summed E-state index contributed by atoms with van der Waals surface area (Å²) < 4.78 is 7.15. The number of rotatable bonds is 5. The van der Waals surface area contributed by atoms with Crippen LogP contribution in [0, 0.1) is 0 Å². The van der Waals surface area contributed by atoms with Crippen LogP contribution in [-0.4, -0.2) is 65.1 Å². The summed E-state index contributed by atoms with van der Waals surface area (Å²) >= 11 is 16.2. The Bertz CT molecular complexity index is 1520. The molecule has 0 saturated carbocycles. The highest BCUT2D eigenvalue weighted by atomic mass is 35.5. The summed E-state index contributed by atoms with van der Waals surface area (Å²) in [5.41, 5.74) is 3.19. The van der Waals surface area contributed by atoms with Crippen LogP contribution < -0.4 is 4.90 Å². The number of amides is 2. The molecule has 4 aromatic rings. The van der Waals surface area contributed by atoms with Crippen molar-refractivity contribution in [1.29, 1.82) is 0 Å². The summed E-state index contributed by atoms with van der Waals surface area (Å²) in [4.78, 5) is 31.6. The van der Waals surface area contributed by atoms with E-state index in [1.54, 1.807) is 31.9 Å². The Labute approximate surface area is 244 Å². The molecule has 1 saturated heterocycles. The van der Waals surface area contributed by atoms with Crippen molar-refractivity contribution in [2.24, 2.45) is 0 Å². The van der Waals surface area contributed by atoms with E-state index in [0.29, 0.717) is 47.9 Å². The third-order valence-electron chi connectivity index (χ3n) is 6.73. The Hall–Kier alpha value is -2.82. The van der Waals surface area contributed by atoms with Gasteiger partial charge in [-0.25, -0.2) is 4.68 Å². The topological polar surface area (TPSA) is 67.7 Å². The minimum atomic E-state index is -0.250. The molecule has 0 bridgehead atoms. The van der Waals surface area contributed by atoms with Gasteiger partial charge in [-0.05, 0) is 41.3 Å². The lowest BCUT2D eigenvalue weighted by atomic mass is 10.0. The van der Waals surface area contributed by atoms with E-state index < -0.39 is 0 Å². The van der Waals surface area contributed by atoms with Crippen LogP contribution in [0.5, 0.6) is 0 Å². The molecule has 7 nitrogen and oxygen atoms in total. The van der Waals surface area contributed by atoms with Crippen LogP contribution >= 0.6 is 46.3 Å².